The summed E-state index contributed by atoms with van der Waals surface area (Å²) < 4.78 is 13.0. The van der Waals surface area contributed by atoms with Gasteiger partial charge in [0.15, 0.2) is 0 Å². The number of aromatic hydroxyl groups is 1. The standard InChI is InChI=1S/C11H13FO2/c12-8-2-3-10(14)9(6-8)11(7-13)4-1-5-11/h2-3,6,13-14H,1,4-5,7H2. The van der Waals surface area contributed by atoms with E-state index in [2.05, 4.69) is 0 Å². The summed E-state index contributed by atoms with van der Waals surface area (Å²) in [6.07, 6.45) is 2.66. The van der Waals surface area contributed by atoms with Gasteiger partial charge in [0.1, 0.15) is 11.6 Å². The third-order valence-corrected chi connectivity index (χ3v) is 3.14. The maximum atomic E-state index is 13.0. The smallest absolute Gasteiger partial charge is 0.123 e. The topological polar surface area (TPSA) is 40.5 Å². The number of hydrogen-bond donors (Lipinski definition) is 2. The second-order valence-electron chi connectivity index (χ2n) is 3.95. The van der Waals surface area contributed by atoms with E-state index in [0.717, 1.165) is 19.3 Å². The van der Waals surface area contributed by atoms with E-state index < -0.39 is 5.41 Å². The van der Waals surface area contributed by atoms with E-state index in [4.69, 9.17) is 0 Å². The molecule has 0 unspecified atom stereocenters. The second-order valence-corrected chi connectivity index (χ2v) is 3.95. The predicted molar refractivity (Wildman–Crippen MR) is 50.7 cm³/mol. The van der Waals surface area contributed by atoms with Crippen LogP contribution in [0.5, 0.6) is 5.75 Å². The van der Waals surface area contributed by atoms with Gasteiger partial charge in [-0.15, -0.1) is 0 Å². The van der Waals surface area contributed by atoms with Gasteiger partial charge in [-0.05, 0) is 31.0 Å². The molecule has 3 heteroatoms. The van der Waals surface area contributed by atoms with Crippen molar-refractivity contribution in [3.63, 3.8) is 0 Å². The molecule has 0 amide bonds. The Morgan fingerprint density at radius 1 is 1.36 bits per heavy atom. The maximum Gasteiger partial charge on any atom is 0.123 e. The van der Waals surface area contributed by atoms with Crippen molar-refractivity contribution in [2.45, 2.75) is 24.7 Å². The first-order valence-corrected chi connectivity index (χ1v) is 4.78. The molecule has 1 aliphatic rings. The monoisotopic (exact) mass is 196 g/mol. The van der Waals surface area contributed by atoms with E-state index in [9.17, 15) is 14.6 Å². The first-order valence-electron chi connectivity index (χ1n) is 4.78. The van der Waals surface area contributed by atoms with Crippen molar-refractivity contribution < 1.29 is 14.6 Å². The minimum atomic E-state index is -0.397. The van der Waals surface area contributed by atoms with Crippen LogP contribution in [0.15, 0.2) is 18.2 Å². The fourth-order valence-corrected chi connectivity index (χ4v) is 2.05. The number of aliphatic hydroxyl groups excluding tert-OH is 1. The van der Waals surface area contributed by atoms with Gasteiger partial charge in [0.25, 0.3) is 0 Å². The van der Waals surface area contributed by atoms with Crippen LogP contribution in [0.25, 0.3) is 0 Å². The van der Waals surface area contributed by atoms with Crippen molar-refractivity contribution in [1.82, 2.24) is 0 Å². The number of phenols is 1. The zero-order valence-electron chi connectivity index (χ0n) is 7.83. The molecule has 0 aromatic heterocycles. The lowest BCUT2D eigenvalue weighted by Crippen LogP contribution is -2.38. The summed E-state index contributed by atoms with van der Waals surface area (Å²) in [5.41, 5.74) is 0.151. The number of hydrogen-bond acceptors (Lipinski definition) is 2. The van der Waals surface area contributed by atoms with E-state index in [0.29, 0.717) is 5.56 Å². The van der Waals surface area contributed by atoms with Crippen LogP contribution in [0, 0.1) is 5.82 Å². The van der Waals surface area contributed by atoms with E-state index >= 15 is 0 Å². The highest BCUT2D eigenvalue weighted by Crippen LogP contribution is 2.46. The SMILES string of the molecule is OCC1(c2cc(F)ccc2O)CCC1. The Bertz CT molecular complexity index is 340. The van der Waals surface area contributed by atoms with Crippen molar-refractivity contribution in [1.29, 1.82) is 0 Å². The predicted octanol–water partition coefficient (Wildman–Crippen LogP) is 1.95. The molecule has 1 aliphatic carbocycles. The third-order valence-electron chi connectivity index (χ3n) is 3.14. The first kappa shape index (κ1) is 9.46. The van der Waals surface area contributed by atoms with Gasteiger partial charge in [0, 0.05) is 11.0 Å². The summed E-state index contributed by atoms with van der Waals surface area (Å²) in [4.78, 5) is 0. The molecule has 0 heterocycles. The van der Waals surface area contributed by atoms with Crippen molar-refractivity contribution in [3.8, 4) is 5.75 Å². The van der Waals surface area contributed by atoms with Crippen LogP contribution in [0.1, 0.15) is 24.8 Å². The van der Waals surface area contributed by atoms with E-state index in [1.54, 1.807) is 0 Å². The third kappa shape index (κ3) is 1.28. The highest BCUT2D eigenvalue weighted by atomic mass is 19.1. The molecule has 76 valence electrons. The van der Waals surface area contributed by atoms with Crippen molar-refractivity contribution >= 4 is 0 Å². The molecule has 0 saturated heterocycles. The Labute approximate surface area is 82.0 Å². The molecular formula is C11H13FO2. The first-order chi connectivity index (χ1) is 6.68. The summed E-state index contributed by atoms with van der Waals surface area (Å²) in [5.74, 6) is -0.280. The maximum absolute atomic E-state index is 13.0. The van der Waals surface area contributed by atoms with E-state index in [-0.39, 0.29) is 18.2 Å². The number of rotatable bonds is 2. The molecule has 2 rings (SSSR count). The average Bonchev–Trinajstić information content (AvgIpc) is 2.10. The minimum absolute atomic E-state index is 0.0238. The van der Waals surface area contributed by atoms with E-state index in [1.165, 1.54) is 18.2 Å². The zero-order chi connectivity index (χ0) is 10.2. The summed E-state index contributed by atoms with van der Waals surface area (Å²) in [5, 5.41) is 18.9. The van der Waals surface area contributed by atoms with Crippen LogP contribution < -0.4 is 0 Å². The van der Waals surface area contributed by atoms with Crippen LogP contribution >= 0.6 is 0 Å². The Morgan fingerprint density at radius 3 is 2.57 bits per heavy atom. The average molecular weight is 196 g/mol. The number of halogens is 1. The lowest BCUT2D eigenvalue weighted by molar-refractivity contribution is 0.117. The fraction of sp³-hybridized carbons (Fsp3) is 0.455. The van der Waals surface area contributed by atoms with Crippen molar-refractivity contribution in [2.75, 3.05) is 6.61 Å². The van der Waals surface area contributed by atoms with E-state index in [1.807, 2.05) is 0 Å². The molecule has 1 saturated carbocycles. The Hall–Kier alpha value is -1.09. The van der Waals surface area contributed by atoms with Gasteiger partial charge in [-0.1, -0.05) is 6.42 Å². The largest absolute Gasteiger partial charge is 0.508 e. The second kappa shape index (κ2) is 3.24. The minimum Gasteiger partial charge on any atom is -0.508 e. The van der Waals surface area contributed by atoms with Crippen LogP contribution in [0.2, 0.25) is 0 Å². The Morgan fingerprint density at radius 2 is 2.07 bits per heavy atom. The molecule has 0 bridgehead atoms. The van der Waals surface area contributed by atoms with Gasteiger partial charge in [0.2, 0.25) is 0 Å². The van der Waals surface area contributed by atoms with Gasteiger partial charge < -0.3 is 10.2 Å². The van der Waals surface area contributed by atoms with Crippen LogP contribution in [-0.4, -0.2) is 16.8 Å². The molecule has 14 heavy (non-hydrogen) atoms. The van der Waals surface area contributed by atoms with Gasteiger partial charge >= 0.3 is 0 Å². The highest BCUT2D eigenvalue weighted by molar-refractivity contribution is 5.40. The Kier molecular flexibility index (Phi) is 2.19. The summed E-state index contributed by atoms with van der Waals surface area (Å²) in [6.45, 7) is -0.0238. The van der Waals surface area contributed by atoms with Crippen LogP contribution in [0.4, 0.5) is 4.39 Å². The van der Waals surface area contributed by atoms with Crippen LogP contribution in [-0.2, 0) is 5.41 Å². The number of aliphatic hydroxyl groups is 1. The molecule has 1 aromatic rings. The molecule has 2 N–H and O–H groups in total. The molecule has 0 aliphatic heterocycles. The van der Waals surface area contributed by atoms with Crippen LogP contribution in [0.3, 0.4) is 0 Å². The van der Waals surface area contributed by atoms with Gasteiger partial charge in [0.05, 0.1) is 6.61 Å². The van der Waals surface area contributed by atoms with Crippen molar-refractivity contribution in [2.24, 2.45) is 0 Å². The lowest BCUT2D eigenvalue weighted by Gasteiger charge is -2.41. The molecule has 1 aromatic carbocycles. The van der Waals surface area contributed by atoms with Gasteiger partial charge in [-0.2, -0.15) is 0 Å². The van der Waals surface area contributed by atoms with Crippen molar-refractivity contribution in [3.05, 3.63) is 29.6 Å². The summed E-state index contributed by atoms with van der Waals surface area (Å²) in [7, 11) is 0. The molecule has 2 nitrogen and oxygen atoms in total. The Balaban J connectivity index is 2.43. The quantitative estimate of drug-likeness (QED) is 0.759. The summed E-state index contributed by atoms with van der Waals surface area (Å²) >= 11 is 0. The number of benzene rings is 1. The fourth-order valence-electron chi connectivity index (χ4n) is 2.05. The molecule has 0 atom stereocenters. The van der Waals surface area contributed by atoms with Gasteiger partial charge in [-0.25, -0.2) is 4.39 Å². The highest BCUT2D eigenvalue weighted by Gasteiger charge is 2.40. The van der Waals surface area contributed by atoms with Gasteiger partial charge in [-0.3, -0.25) is 0 Å². The number of phenolic OH excluding ortho intramolecular Hbond substituents is 1. The normalized spacial score (nSPS) is 19.0. The lowest BCUT2D eigenvalue weighted by atomic mass is 9.65. The molecule has 1 fully saturated rings. The molecule has 0 radical (unpaired) electrons. The zero-order valence-corrected chi connectivity index (χ0v) is 7.83. The molecular weight excluding hydrogens is 183 g/mol. The molecule has 0 spiro atoms. The summed E-state index contributed by atoms with van der Waals surface area (Å²) in [6, 6.07) is 3.90.